The van der Waals surface area contributed by atoms with E-state index in [0.717, 1.165) is 27.3 Å². The molecule has 0 bridgehead atoms. The molecule has 0 amide bonds. The fraction of sp³-hybridized carbons (Fsp3) is 0.222. The topological polar surface area (TPSA) is 29.5 Å². The van der Waals surface area contributed by atoms with E-state index in [4.69, 9.17) is 4.74 Å². The van der Waals surface area contributed by atoms with E-state index in [-0.39, 0.29) is 0 Å². The number of aliphatic hydroxyl groups excluding tert-OH is 1. The van der Waals surface area contributed by atoms with Gasteiger partial charge in [0.25, 0.3) is 0 Å². The smallest absolute Gasteiger partial charge is 0.122 e. The molecular weight excluding hydrogens is 280 g/mol. The second-order valence-electron chi connectivity index (χ2n) is 5.20. The highest BCUT2D eigenvalue weighted by atomic mass is 32.1. The molecule has 21 heavy (non-hydrogen) atoms. The van der Waals surface area contributed by atoms with E-state index in [1.807, 2.05) is 38.1 Å². The van der Waals surface area contributed by atoms with Crippen molar-refractivity contribution in [2.75, 3.05) is 7.11 Å². The summed E-state index contributed by atoms with van der Waals surface area (Å²) in [4.78, 5) is 0.976. The van der Waals surface area contributed by atoms with Crippen LogP contribution in [0.25, 0.3) is 10.1 Å². The van der Waals surface area contributed by atoms with Crippen LogP contribution in [0.5, 0.6) is 5.75 Å². The van der Waals surface area contributed by atoms with Crippen LogP contribution in [0.4, 0.5) is 0 Å². The molecule has 0 radical (unpaired) electrons. The van der Waals surface area contributed by atoms with Crippen molar-refractivity contribution in [3.05, 3.63) is 64.0 Å². The molecule has 0 aliphatic heterocycles. The predicted octanol–water partition coefficient (Wildman–Crippen LogP) is 4.61. The number of rotatable bonds is 3. The van der Waals surface area contributed by atoms with E-state index in [0.29, 0.717) is 0 Å². The summed E-state index contributed by atoms with van der Waals surface area (Å²) in [7, 11) is 1.67. The number of hydrogen-bond acceptors (Lipinski definition) is 3. The summed E-state index contributed by atoms with van der Waals surface area (Å²) in [6.07, 6.45) is -0.591. The highest BCUT2D eigenvalue weighted by molar-refractivity contribution is 7.19. The van der Waals surface area contributed by atoms with Gasteiger partial charge in [0.2, 0.25) is 0 Å². The number of aliphatic hydroxyl groups is 1. The van der Waals surface area contributed by atoms with Gasteiger partial charge in [0, 0.05) is 9.58 Å². The van der Waals surface area contributed by atoms with Gasteiger partial charge < -0.3 is 9.84 Å². The highest BCUT2D eigenvalue weighted by Gasteiger charge is 2.18. The summed E-state index contributed by atoms with van der Waals surface area (Å²) in [5.41, 5.74) is 3.11. The number of ether oxygens (including phenoxy) is 1. The summed E-state index contributed by atoms with van der Waals surface area (Å²) in [6, 6.07) is 14.2. The molecule has 3 rings (SSSR count). The van der Waals surface area contributed by atoms with Crippen LogP contribution in [0.1, 0.15) is 27.7 Å². The SMILES string of the molecule is COc1ccc(C(O)c2cc3ccccc3s2)c(C)c1C. The number of fused-ring (bicyclic) bond motifs is 1. The summed E-state index contributed by atoms with van der Waals surface area (Å²) in [6.45, 7) is 4.05. The van der Waals surface area contributed by atoms with Crippen molar-refractivity contribution >= 4 is 21.4 Å². The van der Waals surface area contributed by atoms with E-state index < -0.39 is 6.10 Å². The zero-order valence-electron chi connectivity index (χ0n) is 12.4. The zero-order chi connectivity index (χ0) is 15.0. The van der Waals surface area contributed by atoms with Crippen molar-refractivity contribution in [3.8, 4) is 5.75 Å². The lowest BCUT2D eigenvalue weighted by molar-refractivity contribution is 0.223. The standard InChI is InChI=1S/C18H18O2S/c1-11-12(2)15(20-3)9-8-14(11)18(19)17-10-13-6-4-5-7-16(13)21-17/h4-10,18-19H,1-3H3. The molecule has 1 heterocycles. The number of methoxy groups -OCH3 is 1. The maximum Gasteiger partial charge on any atom is 0.122 e. The Labute approximate surface area is 128 Å². The van der Waals surface area contributed by atoms with Gasteiger partial charge >= 0.3 is 0 Å². The van der Waals surface area contributed by atoms with E-state index in [1.165, 1.54) is 10.1 Å². The Morgan fingerprint density at radius 2 is 1.81 bits per heavy atom. The Hall–Kier alpha value is -1.84. The predicted molar refractivity (Wildman–Crippen MR) is 88.4 cm³/mol. The van der Waals surface area contributed by atoms with Crippen molar-refractivity contribution in [1.29, 1.82) is 0 Å². The minimum absolute atomic E-state index is 0.591. The summed E-state index contributed by atoms with van der Waals surface area (Å²) in [5, 5.41) is 11.9. The molecule has 0 spiro atoms. The Morgan fingerprint density at radius 1 is 1.05 bits per heavy atom. The highest BCUT2D eigenvalue weighted by Crippen LogP contribution is 2.36. The first kappa shape index (κ1) is 14.1. The second-order valence-corrected chi connectivity index (χ2v) is 6.31. The lowest BCUT2D eigenvalue weighted by Gasteiger charge is -2.16. The molecule has 1 N–H and O–H groups in total. The first-order valence-electron chi connectivity index (χ1n) is 6.92. The molecular formula is C18H18O2S. The van der Waals surface area contributed by atoms with E-state index >= 15 is 0 Å². The van der Waals surface area contributed by atoms with Crippen LogP contribution in [-0.2, 0) is 0 Å². The molecule has 1 atom stereocenters. The normalized spacial score (nSPS) is 12.6. The van der Waals surface area contributed by atoms with Gasteiger partial charge in [-0.1, -0.05) is 24.3 Å². The van der Waals surface area contributed by atoms with Crippen LogP contribution in [0.3, 0.4) is 0 Å². The Morgan fingerprint density at radius 3 is 2.52 bits per heavy atom. The van der Waals surface area contributed by atoms with Gasteiger partial charge in [0.1, 0.15) is 11.9 Å². The number of hydrogen-bond donors (Lipinski definition) is 1. The van der Waals surface area contributed by atoms with Gasteiger partial charge in [-0.25, -0.2) is 0 Å². The third kappa shape index (κ3) is 2.43. The Bertz CT molecular complexity index is 756. The first-order chi connectivity index (χ1) is 10.1. The van der Waals surface area contributed by atoms with Crippen LogP contribution in [0.15, 0.2) is 42.5 Å². The lowest BCUT2D eigenvalue weighted by atomic mass is 9.97. The van der Waals surface area contributed by atoms with Gasteiger partial charge in [0.15, 0.2) is 0 Å². The molecule has 0 fully saturated rings. The average molecular weight is 298 g/mol. The fourth-order valence-electron chi connectivity index (χ4n) is 2.62. The van der Waals surface area contributed by atoms with Crippen LogP contribution >= 0.6 is 11.3 Å². The first-order valence-corrected chi connectivity index (χ1v) is 7.74. The van der Waals surface area contributed by atoms with E-state index in [9.17, 15) is 5.11 Å². The minimum Gasteiger partial charge on any atom is -0.496 e. The number of thiophene rings is 1. The molecule has 0 aliphatic carbocycles. The quantitative estimate of drug-likeness (QED) is 0.765. The van der Waals surface area contributed by atoms with Gasteiger partial charge in [-0.15, -0.1) is 11.3 Å². The Balaban J connectivity index is 2.05. The largest absolute Gasteiger partial charge is 0.496 e. The van der Waals surface area contributed by atoms with Crippen molar-refractivity contribution < 1.29 is 9.84 Å². The maximum absolute atomic E-state index is 10.7. The van der Waals surface area contributed by atoms with Crippen molar-refractivity contribution in [1.82, 2.24) is 0 Å². The molecule has 3 heteroatoms. The van der Waals surface area contributed by atoms with E-state index in [1.54, 1.807) is 18.4 Å². The average Bonchev–Trinajstić information content (AvgIpc) is 2.93. The van der Waals surface area contributed by atoms with Gasteiger partial charge in [-0.05, 0) is 54.1 Å². The van der Waals surface area contributed by atoms with Crippen molar-refractivity contribution in [2.24, 2.45) is 0 Å². The second kappa shape index (κ2) is 5.51. The molecule has 2 nitrogen and oxygen atoms in total. The van der Waals surface area contributed by atoms with E-state index in [2.05, 4.69) is 18.2 Å². The molecule has 2 aromatic carbocycles. The molecule has 0 saturated carbocycles. The third-order valence-electron chi connectivity index (χ3n) is 4.01. The summed E-state index contributed by atoms with van der Waals surface area (Å²) >= 11 is 1.64. The van der Waals surface area contributed by atoms with Crippen LogP contribution in [0.2, 0.25) is 0 Å². The molecule has 0 saturated heterocycles. The third-order valence-corrected chi connectivity index (χ3v) is 5.18. The van der Waals surface area contributed by atoms with Crippen LogP contribution in [-0.4, -0.2) is 12.2 Å². The van der Waals surface area contributed by atoms with Gasteiger partial charge in [-0.2, -0.15) is 0 Å². The molecule has 3 aromatic rings. The van der Waals surface area contributed by atoms with Gasteiger partial charge in [0.05, 0.1) is 7.11 Å². The number of benzene rings is 2. The molecule has 108 valence electrons. The fourth-order valence-corrected chi connectivity index (χ4v) is 3.69. The molecule has 0 aliphatic rings. The maximum atomic E-state index is 10.7. The summed E-state index contributed by atoms with van der Waals surface area (Å²) in [5.74, 6) is 0.861. The van der Waals surface area contributed by atoms with Crippen LogP contribution < -0.4 is 4.74 Å². The van der Waals surface area contributed by atoms with Crippen molar-refractivity contribution in [2.45, 2.75) is 20.0 Å². The van der Waals surface area contributed by atoms with Crippen molar-refractivity contribution in [3.63, 3.8) is 0 Å². The lowest BCUT2D eigenvalue weighted by Crippen LogP contribution is -2.02. The summed E-state index contributed by atoms with van der Waals surface area (Å²) < 4.78 is 6.54. The molecule has 1 aromatic heterocycles. The monoisotopic (exact) mass is 298 g/mol. The Kier molecular flexibility index (Phi) is 3.70. The minimum atomic E-state index is -0.591. The van der Waals surface area contributed by atoms with Gasteiger partial charge in [-0.3, -0.25) is 0 Å². The zero-order valence-corrected chi connectivity index (χ0v) is 13.2. The van der Waals surface area contributed by atoms with Crippen LogP contribution in [0, 0.1) is 13.8 Å². The molecule has 1 unspecified atom stereocenters.